The Labute approximate surface area is 158 Å². The molecule has 1 aliphatic carbocycles. The molecule has 0 unspecified atom stereocenters. The monoisotopic (exact) mass is 379 g/mol. The van der Waals surface area contributed by atoms with Gasteiger partial charge in [-0.15, -0.1) is 0 Å². The third kappa shape index (κ3) is 6.63. The third-order valence-corrected chi connectivity index (χ3v) is 7.11. The molecule has 1 aliphatic rings. The van der Waals surface area contributed by atoms with Crippen LogP contribution >= 0.6 is 0 Å². The van der Waals surface area contributed by atoms with Crippen molar-refractivity contribution in [3.8, 4) is 0 Å². The van der Waals surface area contributed by atoms with Crippen molar-refractivity contribution in [3.63, 3.8) is 0 Å². The predicted molar refractivity (Wildman–Crippen MR) is 109 cm³/mol. The molecular formula is C20H33N3O2S. The second-order valence-corrected chi connectivity index (χ2v) is 9.53. The van der Waals surface area contributed by atoms with E-state index < -0.39 is 9.84 Å². The quantitative estimate of drug-likeness (QED) is 0.393. The molecule has 1 aromatic rings. The first kappa shape index (κ1) is 20.7. The van der Waals surface area contributed by atoms with E-state index >= 15 is 0 Å². The number of sulfone groups is 1. The molecule has 5 nitrogen and oxygen atoms in total. The Morgan fingerprint density at radius 2 is 1.85 bits per heavy atom. The summed E-state index contributed by atoms with van der Waals surface area (Å²) in [4.78, 5) is 4.26. The number of hydrogen-bond acceptors (Lipinski definition) is 3. The molecule has 0 spiro atoms. The van der Waals surface area contributed by atoms with Gasteiger partial charge >= 0.3 is 0 Å². The highest BCUT2D eigenvalue weighted by molar-refractivity contribution is 7.90. The van der Waals surface area contributed by atoms with Crippen LogP contribution in [0.5, 0.6) is 0 Å². The molecule has 26 heavy (non-hydrogen) atoms. The Morgan fingerprint density at radius 1 is 1.15 bits per heavy atom. The SMILES string of the molecule is CCC1(CNC(=NC)NCCCS(=O)(=O)Cc2ccccc2)CCCC1. The van der Waals surface area contributed by atoms with Crippen molar-refractivity contribution in [1.82, 2.24) is 10.6 Å². The summed E-state index contributed by atoms with van der Waals surface area (Å²) in [7, 11) is -1.32. The van der Waals surface area contributed by atoms with Gasteiger partial charge in [-0.25, -0.2) is 8.42 Å². The van der Waals surface area contributed by atoms with Crippen LogP contribution in [0.1, 0.15) is 51.0 Å². The molecule has 0 aliphatic heterocycles. The molecule has 146 valence electrons. The Morgan fingerprint density at radius 3 is 2.46 bits per heavy atom. The van der Waals surface area contributed by atoms with E-state index in [0.29, 0.717) is 18.4 Å². The molecule has 0 heterocycles. The molecule has 1 aromatic carbocycles. The van der Waals surface area contributed by atoms with Gasteiger partial charge < -0.3 is 10.6 Å². The standard InChI is InChI=1S/C20H33N3O2S/c1-3-20(12-7-8-13-20)17-23-19(21-2)22-14-9-15-26(24,25)16-18-10-5-4-6-11-18/h4-6,10-11H,3,7-9,12-17H2,1-2H3,(H2,21,22,23). The van der Waals surface area contributed by atoms with E-state index in [1.807, 2.05) is 30.3 Å². The number of guanidine groups is 1. The van der Waals surface area contributed by atoms with Gasteiger partial charge in [0.05, 0.1) is 11.5 Å². The Kier molecular flexibility index (Phi) is 7.94. The lowest BCUT2D eigenvalue weighted by Gasteiger charge is -2.28. The number of rotatable bonds is 9. The highest BCUT2D eigenvalue weighted by Gasteiger charge is 2.31. The van der Waals surface area contributed by atoms with E-state index in [1.54, 1.807) is 7.05 Å². The van der Waals surface area contributed by atoms with E-state index in [0.717, 1.165) is 18.1 Å². The fraction of sp³-hybridized carbons (Fsp3) is 0.650. The van der Waals surface area contributed by atoms with E-state index in [-0.39, 0.29) is 11.5 Å². The van der Waals surface area contributed by atoms with Crippen LogP contribution in [0.15, 0.2) is 35.3 Å². The molecule has 2 N–H and O–H groups in total. The van der Waals surface area contributed by atoms with E-state index in [2.05, 4.69) is 22.5 Å². The summed E-state index contributed by atoms with van der Waals surface area (Å²) in [6, 6.07) is 9.35. The van der Waals surface area contributed by atoms with Crippen molar-refractivity contribution >= 4 is 15.8 Å². The Balaban J connectivity index is 1.70. The van der Waals surface area contributed by atoms with Gasteiger partial charge in [0.1, 0.15) is 0 Å². The summed E-state index contributed by atoms with van der Waals surface area (Å²) in [5.74, 6) is 1.06. The molecule has 0 saturated heterocycles. The van der Waals surface area contributed by atoms with Gasteiger partial charge in [0, 0.05) is 20.1 Å². The van der Waals surface area contributed by atoms with E-state index in [9.17, 15) is 8.42 Å². The summed E-state index contributed by atoms with van der Waals surface area (Å²) in [5.41, 5.74) is 1.25. The molecule has 0 aromatic heterocycles. The lowest BCUT2D eigenvalue weighted by Crippen LogP contribution is -2.43. The van der Waals surface area contributed by atoms with Crippen LogP contribution in [0.25, 0.3) is 0 Å². The highest BCUT2D eigenvalue weighted by atomic mass is 32.2. The maximum absolute atomic E-state index is 12.2. The highest BCUT2D eigenvalue weighted by Crippen LogP contribution is 2.40. The number of aliphatic imine (C=N–C) groups is 1. The first-order valence-electron chi connectivity index (χ1n) is 9.67. The summed E-state index contributed by atoms with van der Waals surface area (Å²) < 4.78 is 24.4. The molecule has 0 bridgehead atoms. The minimum absolute atomic E-state index is 0.111. The van der Waals surface area contributed by atoms with Gasteiger partial charge in [-0.2, -0.15) is 0 Å². The first-order valence-corrected chi connectivity index (χ1v) is 11.5. The summed E-state index contributed by atoms with van der Waals surface area (Å²) >= 11 is 0. The lowest BCUT2D eigenvalue weighted by atomic mass is 9.83. The Hall–Kier alpha value is -1.56. The third-order valence-electron chi connectivity index (χ3n) is 5.42. The average molecular weight is 380 g/mol. The van der Waals surface area contributed by atoms with Crippen molar-refractivity contribution in [2.24, 2.45) is 10.4 Å². The van der Waals surface area contributed by atoms with Crippen LogP contribution in [0.2, 0.25) is 0 Å². The number of nitrogens with zero attached hydrogens (tertiary/aromatic N) is 1. The second-order valence-electron chi connectivity index (χ2n) is 7.34. The maximum atomic E-state index is 12.2. The van der Waals surface area contributed by atoms with Crippen molar-refractivity contribution in [2.75, 3.05) is 25.9 Å². The van der Waals surface area contributed by atoms with Crippen LogP contribution in [-0.2, 0) is 15.6 Å². The Bertz CT molecular complexity index is 666. The fourth-order valence-corrected chi connectivity index (χ4v) is 5.10. The van der Waals surface area contributed by atoms with Gasteiger partial charge in [-0.1, -0.05) is 50.1 Å². The van der Waals surface area contributed by atoms with Crippen LogP contribution in [0.3, 0.4) is 0 Å². The molecular weight excluding hydrogens is 346 g/mol. The second kappa shape index (κ2) is 9.95. The normalized spacial score (nSPS) is 17.2. The molecule has 0 radical (unpaired) electrons. The molecule has 6 heteroatoms. The zero-order valence-corrected chi connectivity index (χ0v) is 16.9. The van der Waals surface area contributed by atoms with Gasteiger partial charge in [-0.3, -0.25) is 4.99 Å². The predicted octanol–water partition coefficient (Wildman–Crippen LogP) is 3.13. The summed E-state index contributed by atoms with van der Waals surface area (Å²) in [6.07, 6.45) is 6.97. The van der Waals surface area contributed by atoms with Gasteiger partial charge in [0.15, 0.2) is 15.8 Å². The molecule has 2 rings (SSSR count). The van der Waals surface area contributed by atoms with Crippen LogP contribution in [-0.4, -0.2) is 40.3 Å². The van der Waals surface area contributed by atoms with Gasteiger partial charge in [0.25, 0.3) is 0 Å². The summed E-state index contributed by atoms with van der Waals surface area (Å²) in [5, 5.41) is 6.68. The van der Waals surface area contributed by atoms with Crippen LogP contribution in [0.4, 0.5) is 0 Å². The van der Waals surface area contributed by atoms with Gasteiger partial charge in [-0.05, 0) is 36.7 Å². The summed E-state index contributed by atoms with van der Waals surface area (Å²) in [6.45, 7) is 3.81. The van der Waals surface area contributed by atoms with Crippen LogP contribution < -0.4 is 10.6 Å². The zero-order chi connectivity index (χ0) is 18.9. The van der Waals surface area contributed by atoms with Crippen molar-refractivity contribution in [2.45, 2.75) is 51.2 Å². The van der Waals surface area contributed by atoms with Gasteiger partial charge in [0.2, 0.25) is 0 Å². The number of nitrogens with one attached hydrogen (secondary N) is 2. The van der Waals surface area contributed by atoms with Crippen molar-refractivity contribution in [1.29, 1.82) is 0 Å². The van der Waals surface area contributed by atoms with Crippen molar-refractivity contribution < 1.29 is 8.42 Å². The fourth-order valence-electron chi connectivity index (χ4n) is 3.67. The minimum Gasteiger partial charge on any atom is -0.356 e. The zero-order valence-electron chi connectivity index (χ0n) is 16.1. The largest absolute Gasteiger partial charge is 0.356 e. The first-order chi connectivity index (χ1) is 12.5. The molecule has 0 amide bonds. The smallest absolute Gasteiger partial charge is 0.190 e. The van der Waals surface area contributed by atoms with Crippen molar-refractivity contribution in [3.05, 3.63) is 35.9 Å². The number of benzene rings is 1. The average Bonchev–Trinajstić information content (AvgIpc) is 3.11. The lowest BCUT2D eigenvalue weighted by molar-refractivity contribution is 0.283. The van der Waals surface area contributed by atoms with Crippen LogP contribution in [0, 0.1) is 5.41 Å². The topological polar surface area (TPSA) is 70.6 Å². The molecule has 1 saturated carbocycles. The molecule has 0 atom stereocenters. The van der Waals surface area contributed by atoms with E-state index in [1.165, 1.54) is 32.1 Å². The maximum Gasteiger partial charge on any atom is 0.190 e. The minimum atomic E-state index is -3.08. The van der Waals surface area contributed by atoms with E-state index in [4.69, 9.17) is 0 Å². The number of hydrogen-bond donors (Lipinski definition) is 2. The molecule has 1 fully saturated rings.